The van der Waals surface area contributed by atoms with E-state index < -0.39 is 11.7 Å². The molecule has 0 spiro atoms. The Morgan fingerprint density at radius 2 is 1.90 bits per heavy atom. The van der Waals surface area contributed by atoms with Gasteiger partial charge in [-0.15, -0.1) is 0 Å². The van der Waals surface area contributed by atoms with Gasteiger partial charge in [0.15, 0.2) is 0 Å². The Bertz CT molecular complexity index is 1070. The van der Waals surface area contributed by atoms with Crippen molar-refractivity contribution in [2.24, 2.45) is 0 Å². The number of aryl methyl sites for hydroxylation is 2. The number of nitrogens with one attached hydrogen (secondary N) is 1. The number of halogens is 4. The summed E-state index contributed by atoms with van der Waals surface area (Å²) in [6, 6.07) is 5.14. The molecule has 10 heteroatoms. The molecule has 0 atom stereocenters. The molecule has 0 bridgehead atoms. The lowest BCUT2D eigenvalue weighted by atomic mass is 10.1. The van der Waals surface area contributed by atoms with Crippen LogP contribution in [-0.4, -0.2) is 25.5 Å². The standard InChI is InChI=1S/C20H21BrF3N5O/c1-12-19(26-18(30)7-8-28-13(2)17(21)10-25-28)14(3)29(27-12)11-15-5-4-6-16(9-15)20(22,23)24/h4-6,9-10H,7-8,11H2,1-3H3,(H,26,30). The number of amides is 1. The van der Waals surface area contributed by atoms with Crippen LogP contribution in [0.4, 0.5) is 18.9 Å². The van der Waals surface area contributed by atoms with Gasteiger partial charge in [-0.3, -0.25) is 14.2 Å². The molecule has 1 amide bonds. The first-order valence-corrected chi connectivity index (χ1v) is 10.0. The number of aromatic nitrogens is 4. The Kier molecular flexibility index (Phi) is 6.35. The third kappa shape index (κ3) is 4.92. The summed E-state index contributed by atoms with van der Waals surface area (Å²) >= 11 is 3.38. The van der Waals surface area contributed by atoms with Crippen LogP contribution in [0, 0.1) is 20.8 Å². The van der Waals surface area contributed by atoms with Crippen molar-refractivity contribution in [1.82, 2.24) is 19.6 Å². The lowest BCUT2D eigenvalue weighted by Crippen LogP contribution is -2.16. The first kappa shape index (κ1) is 22.1. The van der Waals surface area contributed by atoms with Gasteiger partial charge in [-0.25, -0.2) is 0 Å². The molecule has 2 heterocycles. The zero-order valence-electron chi connectivity index (χ0n) is 16.7. The molecule has 6 nitrogen and oxygen atoms in total. The Hall–Kier alpha value is -2.62. The Labute approximate surface area is 180 Å². The third-order valence-corrected chi connectivity index (χ3v) is 5.61. The molecule has 0 radical (unpaired) electrons. The number of benzene rings is 1. The van der Waals surface area contributed by atoms with E-state index in [2.05, 4.69) is 31.4 Å². The fourth-order valence-electron chi connectivity index (χ4n) is 3.11. The zero-order chi connectivity index (χ0) is 22.1. The van der Waals surface area contributed by atoms with Crippen molar-refractivity contribution in [2.75, 3.05) is 5.32 Å². The van der Waals surface area contributed by atoms with Gasteiger partial charge in [0.25, 0.3) is 0 Å². The third-order valence-electron chi connectivity index (χ3n) is 4.83. The van der Waals surface area contributed by atoms with Gasteiger partial charge in [-0.05, 0) is 54.4 Å². The quantitative estimate of drug-likeness (QED) is 0.544. The van der Waals surface area contributed by atoms with Gasteiger partial charge in [0.2, 0.25) is 5.91 Å². The summed E-state index contributed by atoms with van der Waals surface area (Å²) in [6.07, 6.45) is -2.49. The number of carbonyl (C=O) groups is 1. The van der Waals surface area contributed by atoms with Crippen molar-refractivity contribution in [3.63, 3.8) is 0 Å². The fourth-order valence-corrected chi connectivity index (χ4v) is 3.41. The minimum Gasteiger partial charge on any atom is -0.323 e. The second-order valence-electron chi connectivity index (χ2n) is 7.00. The van der Waals surface area contributed by atoms with Gasteiger partial charge in [0.1, 0.15) is 0 Å². The lowest BCUT2D eigenvalue weighted by Gasteiger charge is -2.10. The summed E-state index contributed by atoms with van der Waals surface area (Å²) in [5.74, 6) is -0.189. The summed E-state index contributed by atoms with van der Waals surface area (Å²) in [7, 11) is 0. The number of hydrogen-bond acceptors (Lipinski definition) is 3. The highest BCUT2D eigenvalue weighted by molar-refractivity contribution is 9.10. The number of hydrogen-bond donors (Lipinski definition) is 1. The van der Waals surface area contributed by atoms with E-state index >= 15 is 0 Å². The molecule has 0 saturated carbocycles. The number of alkyl halides is 3. The van der Waals surface area contributed by atoms with Gasteiger partial charge < -0.3 is 5.32 Å². The van der Waals surface area contributed by atoms with Gasteiger partial charge in [0.05, 0.1) is 46.4 Å². The van der Waals surface area contributed by atoms with Gasteiger partial charge in [-0.1, -0.05) is 12.1 Å². The summed E-state index contributed by atoms with van der Waals surface area (Å²) in [6.45, 7) is 6.03. The fraction of sp³-hybridized carbons (Fsp3) is 0.350. The average molecular weight is 484 g/mol. The van der Waals surface area contributed by atoms with E-state index in [-0.39, 0.29) is 18.9 Å². The molecule has 160 valence electrons. The van der Waals surface area contributed by atoms with E-state index in [1.165, 1.54) is 6.07 Å². The molecule has 0 aliphatic rings. The summed E-state index contributed by atoms with van der Waals surface area (Å²) in [5, 5.41) is 11.4. The van der Waals surface area contributed by atoms with Crippen LogP contribution in [0.3, 0.4) is 0 Å². The SMILES string of the molecule is Cc1nn(Cc2cccc(C(F)(F)F)c2)c(C)c1NC(=O)CCn1ncc(Br)c1C. The highest BCUT2D eigenvalue weighted by atomic mass is 79.9. The number of carbonyl (C=O) groups excluding carboxylic acids is 1. The van der Waals surface area contributed by atoms with Crippen LogP contribution in [0.2, 0.25) is 0 Å². The highest BCUT2D eigenvalue weighted by Crippen LogP contribution is 2.30. The molecule has 1 aromatic carbocycles. The van der Waals surface area contributed by atoms with Crippen LogP contribution in [0.5, 0.6) is 0 Å². The first-order chi connectivity index (χ1) is 14.1. The number of anilines is 1. The largest absolute Gasteiger partial charge is 0.416 e. The minimum absolute atomic E-state index is 0.174. The van der Waals surface area contributed by atoms with E-state index in [1.54, 1.807) is 35.5 Å². The second kappa shape index (κ2) is 8.63. The average Bonchev–Trinajstić information content (AvgIpc) is 3.13. The Balaban J connectivity index is 1.69. The van der Waals surface area contributed by atoms with Crippen molar-refractivity contribution in [3.05, 3.63) is 63.1 Å². The summed E-state index contributed by atoms with van der Waals surface area (Å²) in [5.41, 5.74) is 2.57. The highest BCUT2D eigenvalue weighted by Gasteiger charge is 2.30. The molecule has 0 unspecified atom stereocenters. The number of rotatable bonds is 6. The molecule has 0 saturated heterocycles. The molecule has 2 aromatic heterocycles. The monoisotopic (exact) mass is 483 g/mol. The van der Waals surface area contributed by atoms with E-state index in [0.717, 1.165) is 22.3 Å². The Morgan fingerprint density at radius 1 is 1.17 bits per heavy atom. The van der Waals surface area contributed by atoms with Crippen LogP contribution in [-0.2, 0) is 24.1 Å². The molecule has 0 aliphatic carbocycles. The maximum absolute atomic E-state index is 12.9. The van der Waals surface area contributed by atoms with Crippen molar-refractivity contribution >= 4 is 27.5 Å². The van der Waals surface area contributed by atoms with Crippen LogP contribution < -0.4 is 5.32 Å². The molecule has 1 N–H and O–H groups in total. The summed E-state index contributed by atoms with van der Waals surface area (Å²) in [4.78, 5) is 12.4. The van der Waals surface area contributed by atoms with E-state index in [9.17, 15) is 18.0 Å². The minimum atomic E-state index is -4.40. The molecule has 0 aliphatic heterocycles. The van der Waals surface area contributed by atoms with Crippen molar-refractivity contribution in [2.45, 2.75) is 46.5 Å². The topological polar surface area (TPSA) is 64.7 Å². The predicted octanol–water partition coefficient (Wildman–Crippen LogP) is 4.86. The normalized spacial score (nSPS) is 11.7. The maximum Gasteiger partial charge on any atom is 0.416 e. The molecule has 3 aromatic rings. The smallest absolute Gasteiger partial charge is 0.323 e. The summed E-state index contributed by atoms with van der Waals surface area (Å²) < 4.78 is 43.0. The van der Waals surface area contributed by atoms with Crippen LogP contribution >= 0.6 is 15.9 Å². The van der Waals surface area contributed by atoms with Crippen LogP contribution in [0.25, 0.3) is 0 Å². The Morgan fingerprint density at radius 3 is 2.53 bits per heavy atom. The van der Waals surface area contributed by atoms with Crippen molar-refractivity contribution in [3.8, 4) is 0 Å². The second-order valence-corrected chi connectivity index (χ2v) is 7.86. The van der Waals surface area contributed by atoms with Gasteiger partial charge in [-0.2, -0.15) is 23.4 Å². The lowest BCUT2D eigenvalue weighted by molar-refractivity contribution is -0.137. The predicted molar refractivity (Wildman–Crippen MR) is 110 cm³/mol. The molecular weight excluding hydrogens is 463 g/mol. The molecule has 30 heavy (non-hydrogen) atoms. The van der Waals surface area contributed by atoms with E-state index in [0.29, 0.717) is 29.2 Å². The van der Waals surface area contributed by atoms with Gasteiger partial charge >= 0.3 is 6.18 Å². The van der Waals surface area contributed by atoms with Crippen molar-refractivity contribution < 1.29 is 18.0 Å². The number of nitrogens with zero attached hydrogens (tertiary/aromatic N) is 4. The van der Waals surface area contributed by atoms with Crippen LogP contribution in [0.1, 0.15) is 34.6 Å². The maximum atomic E-state index is 12.9. The van der Waals surface area contributed by atoms with E-state index in [4.69, 9.17) is 0 Å². The zero-order valence-corrected chi connectivity index (χ0v) is 18.3. The molecule has 3 rings (SSSR count). The van der Waals surface area contributed by atoms with Crippen molar-refractivity contribution in [1.29, 1.82) is 0 Å². The first-order valence-electron chi connectivity index (χ1n) is 9.24. The molecular formula is C20H21BrF3N5O. The van der Waals surface area contributed by atoms with Gasteiger partial charge in [0, 0.05) is 12.1 Å². The van der Waals surface area contributed by atoms with Crippen LogP contribution in [0.15, 0.2) is 34.9 Å². The van der Waals surface area contributed by atoms with E-state index in [1.807, 2.05) is 6.92 Å². The molecule has 0 fully saturated rings.